The highest BCUT2D eigenvalue weighted by Gasteiger charge is 2.31. The van der Waals surface area contributed by atoms with E-state index in [1.54, 1.807) is 24.3 Å². The van der Waals surface area contributed by atoms with Gasteiger partial charge in [-0.25, -0.2) is 8.42 Å². The number of fused-ring (bicyclic) bond motifs is 1. The number of nitrogens with one attached hydrogen (secondary N) is 2. The first-order valence-electron chi connectivity index (χ1n) is 10.4. The summed E-state index contributed by atoms with van der Waals surface area (Å²) in [5.74, 6) is -0.0655. The number of anilines is 1. The Kier molecular flexibility index (Phi) is 6.32. The van der Waals surface area contributed by atoms with Crippen LogP contribution in [-0.4, -0.2) is 31.3 Å². The monoisotopic (exact) mass is 447 g/mol. The number of carbonyl (C=O) groups excluding carboxylic acids is 1. The maximum Gasteiger partial charge on any atom is 0.251 e. The van der Waals surface area contributed by atoms with Gasteiger partial charge >= 0.3 is 0 Å². The van der Waals surface area contributed by atoms with Gasteiger partial charge in [-0.05, 0) is 48.7 Å². The number of halogens is 1. The SMILES string of the molecule is O=C(NC1CCCCCC1)c1ccc(CN2CNc3ccc(Cl)cc3S2(=O)=O)cc1. The smallest absolute Gasteiger partial charge is 0.251 e. The van der Waals surface area contributed by atoms with E-state index in [1.165, 1.54) is 23.2 Å². The van der Waals surface area contributed by atoms with Crippen molar-refractivity contribution in [1.82, 2.24) is 9.62 Å². The Bertz CT molecular complexity index is 1020. The molecule has 0 spiro atoms. The number of sulfonamides is 1. The van der Waals surface area contributed by atoms with Crippen LogP contribution in [-0.2, 0) is 16.6 Å². The summed E-state index contributed by atoms with van der Waals surface area (Å²) in [6.45, 7) is 0.396. The summed E-state index contributed by atoms with van der Waals surface area (Å²) in [6, 6.07) is 12.2. The first kappa shape index (κ1) is 21.2. The zero-order valence-corrected chi connectivity index (χ0v) is 18.3. The molecule has 8 heteroatoms. The van der Waals surface area contributed by atoms with E-state index in [0.29, 0.717) is 16.3 Å². The van der Waals surface area contributed by atoms with Gasteiger partial charge in [0, 0.05) is 23.2 Å². The maximum absolute atomic E-state index is 12.9. The lowest BCUT2D eigenvalue weighted by Crippen LogP contribution is -2.39. The van der Waals surface area contributed by atoms with Gasteiger partial charge < -0.3 is 10.6 Å². The topological polar surface area (TPSA) is 78.5 Å². The molecule has 2 aromatic rings. The van der Waals surface area contributed by atoms with Crippen LogP contribution in [0.15, 0.2) is 47.4 Å². The molecular weight excluding hydrogens is 422 g/mol. The average molecular weight is 448 g/mol. The summed E-state index contributed by atoms with van der Waals surface area (Å²) >= 11 is 5.99. The molecule has 1 amide bonds. The van der Waals surface area contributed by atoms with E-state index in [1.807, 2.05) is 12.1 Å². The summed E-state index contributed by atoms with van der Waals surface area (Å²) in [5, 5.41) is 6.64. The molecule has 0 aromatic heterocycles. The van der Waals surface area contributed by atoms with Crippen molar-refractivity contribution in [2.75, 3.05) is 12.0 Å². The minimum Gasteiger partial charge on any atom is -0.370 e. The molecule has 30 heavy (non-hydrogen) atoms. The summed E-state index contributed by atoms with van der Waals surface area (Å²) in [7, 11) is -3.65. The van der Waals surface area contributed by atoms with Crippen molar-refractivity contribution >= 4 is 33.2 Å². The third kappa shape index (κ3) is 4.63. The zero-order chi connectivity index (χ0) is 21.1. The molecule has 160 valence electrons. The largest absolute Gasteiger partial charge is 0.370 e. The van der Waals surface area contributed by atoms with Crippen LogP contribution in [0.25, 0.3) is 0 Å². The van der Waals surface area contributed by atoms with Crippen LogP contribution in [0.4, 0.5) is 5.69 Å². The Labute approximate surface area is 182 Å². The highest BCUT2D eigenvalue weighted by Crippen LogP contribution is 2.32. The van der Waals surface area contributed by atoms with Crippen LogP contribution in [0.5, 0.6) is 0 Å². The second kappa shape index (κ2) is 8.96. The third-order valence-corrected chi connectivity index (χ3v) is 7.84. The Morgan fingerprint density at radius 2 is 1.77 bits per heavy atom. The van der Waals surface area contributed by atoms with Gasteiger partial charge in [0.1, 0.15) is 4.90 Å². The minimum absolute atomic E-state index is 0.0655. The molecule has 4 rings (SSSR count). The van der Waals surface area contributed by atoms with Gasteiger partial charge in [-0.3, -0.25) is 4.79 Å². The quantitative estimate of drug-likeness (QED) is 0.682. The predicted octanol–water partition coefficient (Wildman–Crippen LogP) is 4.37. The second-order valence-electron chi connectivity index (χ2n) is 7.95. The summed E-state index contributed by atoms with van der Waals surface area (Å²) in [4.78, 5) is 12.7. The molecule has 1 fully saturated rings. The van der Waals surface area contributed by atoms with E-state index >= 15 is 0 Å². The van der Waals surface area contributed by atoms with E-state index in [2.05, 4.69) is 10.6 Å². The van der Waals surface area contributed by atoms with Crippen LogP contribution in [0.1, 0.15) is 54.4 Å². The van der Waals surface area contributed by atoms with E-state index in [4.69, 9.17) is 11.6 Å². The molecule has 0 unspecified atom stereocenters. The fraction of sp³-hybridized carbons (Fsp3) is 0.409. The summed E-state index contributed by atoms with van der Waals surface area (Å²) in [6.07, 6.45) is 6.88. The van der Waals surface area contributed by atoms with Gasteiger partial charge in [0.15, 0.2) is 0 Å². The first-order valence-corrected chi connectivity index (χ1v) is 12.2. The van der Waals surface area contributed by atoms with E-state index < -0.39 is 10.0 Å². The fourth-order valence-electron chi connectivity index (χ4n) is 4.05. The molecule has 1 heterocycles. The molecular formula is C22H26ClN3O3S. The van der Waals surface area contributed by atoms with Gasteiger partial charge in [-0.1, -0.05) is 49.4 Å². The maximum atomic E-state index is 12.9. The van der Waals surface area contributed by atoms with Crippen LogP contribution in [0.2, 0.25) is 5.02 Å². The molecule has 2 N–H and O–H groups in total. The van der Waals surface area contributed by atoms with Gasteiger partial charge in [-0.2, -0.15) is 4.31 Å². The standard InChI is InChI=1S/C22H26ClN3O3S/c23-18-11-12-20-21(13-18)30(28,29)26(15-24-20)14-16-7-9-17(10-8-16)22(27)25-19-5-3-1-2-4-6-19/h7-13,19,24H,1-6,14-15H2,(H,25,27). The van der Waals surface area contributed by atoms with Crippen molar-refractivity contribution in [1.29, 1.82) is 0 Å². The van der Waals surface area contributed by atoms with E-state index in [0.717, 1.165) is 31.2 Å². The number of hydrogen-bond acceptors (Lipinski definition) is 4. The zero-order valence-electron chi connectivity index (χ0n) is 16.7. The Balaban J connectivity index is 1.43. The fourth-order valence-corrected chi connectivity index (χ4v) is 5.81. The molecule has 6 nitrogen and oxygen atoms in total. The summed E-state index contributed by atoms with van der Waals surface area (Å²) < 4.78 is 27.3. The molecule has 0 radical (unpaired) electrons. The lowest BCUT2D eigenvalue weighted by molar-refractivity contribution is 0.0933. The summed E-state index contributed by atoms with van der Waals surface area (Å²) in [5.41, 5.74) is 1.97. The van der Waals surface area contributed by atoms with Gasteiger partial charge in [-0.15, -0.1) is 0 Å². The molecule has 1 saturated carbocycles. The number of benzene rings is 2. The number of hydrogen-bond donors (Lipinski definition) is 2. The Morgan fingerprint density at radius 1 is 1.07 bits per heavy atom. The van der Waals surface area contributed by atoms with E-state index in [-0.39, 0.29) is 30.1 Å². The predicted molar refractivity (Wildman–Crippen MR) is 118 cm³/mol. The van der Waals surface area contributed by atoms with Crippen molar-refractivity contribution in [2.45, 2.75) is 56.0 Å². The van der Waals surface area contributed by atoms with Crippen LogP contribution < -0.4 is 10.6 Å². The number of rotatable bonds is 4. The van der Waals surface area contributed by atoms with Crippen molar-refractivity contribution in [3.05, 3.63) is 58.6 Å². The highest BCUT2D eigenvalue weighted by molar-refractivity contribution is 7.89. The second-order valence-corrected chi connectivity index (χ2v) is 10.3. The van der Waals surface area contributed by atoms with Crippen LogP contribution in [0.3, 0.4) is 0 Å². The normalized spacial score (nSPS) is 19.4. The first-order chi connectivity index (χ1) is 14.4. The molecule has 0 bridgehead atoms. The molecule has 0 saturated heterocycles. The lowest BCUT2D eigenvalue weighted by atomic mass is 10.1. The average Bonchev–Trinajstić information content (AvgIpc) is 3.00. The van der Waals surface area contributed by atoms with Crippen LogP contribution >= 0.6 is 11.6 Å². The van der Waals surface area contributed by atoms with Gasteiger partial charge in [0.25, 0.3) is 5.91 Å². The number of amides is 1. The molecule has 2 aliphatic rings. The van der Waals surface area contributed by atoms with Crippen molar-refractivity contribution < 1.29 is 13.2 Å². The molecule has 1 aliphatic heterocycles. The van der Waals surface area contributed by atoms with Crippen molar-refractivity contribution in [2.24, 2.45) is 0 Å². The number of nitrogens with zero attached hydrogens (tertiary/aromatic N) is 1. The third-order valence-electron chi connectivity index (χ3n) is 5.77. The van der Waals surface area contributed by atoms with Crippen molar-refractivity contribution in [3.8, 4) is 0 Å². The minimum atomic E-state index is -3.65. The van der Waals surface area contributed by atoms with Gasteiger partial charge in [0.05, 0.1) is 12.4 Å². The lowest BCUT2D eigenvalue weighted by Gasteiger charge is -2.29. The van der Waals surface area contributed by atoms with Gasteiger partial charge in [0.2, 0.25) is 10.0 Å². The molecule has 1 aliphatic carbocycles. The Morgan fingerprint density at radius 3 is 2.47 bits per heavy atom. The molecule has 0 atom stereocenters. The highest BCUT2D eigenvalue weighted by atomic mass is 35.5. The Hall–Kier alpha value is -2.09. The molecule has 2 aromatic carbocycles. The van der Waals surface area contributed by atoms with Crippen LogP contribution in [0, 0.1) is 0 Å². The number of carbonyl (C=O) groups is 1. The van der Waals surface area contributed by atoms with Crippen molar-refractivity contribution in [3.63, 3.8) is 0 Å². The van der Waals surface area contributed by atoms with E-state index in [9.17, 15) is 13.2 Å².